The Kier molecular flexibility index (Phi) is 3.54. The molecule has 1 heterocycles. The molecule has 0 unspecified atom stereocenters. The SMILES string of the molecule is Cc1cccc(NNc2c3ccccc3nc3ccccc23)c1C. The van der Waals surface area contributed by atoms with Crippen LogP contribution in [0.25, 0.3) is 21.8 Å². The zero-order chi connectivity index (χ0) is 16.5. The van der Waals surface area contributed by atoms with E-state index in [1.54, 1.807) is 0 Å². The van der Waals surface area contributed by atoms with E-state index in [4.69, 9.17) is 4.98 Å². The Balaban J connectivity index is 1.83. The highest BCUT2D eigenvalue weighted by Crippen LogP contribution is 2.31. The largest absolute Gasteiger partial charge is 0.301 e. The predicted molar refractivity (Wildman–Crippen MR) is 102 cm³/mol. The van der Waals surface area contributed by atoms with Crippen molar-refractivity contribution < 1.29 is 0 Å². The molecule has 0 radical (unpaired) electrons. The number of nitrogens with zero attached hydrogens (tertiary/aromatic N) is 1. The second kappa shape index (κ2) is 5.85. The summed E-state index contributed by atoms with van der Waals surface area (Å²) in [6, 6.07) is 22.7. The number of aromatic nitrogens is 1. The first kappa shape index (κ1) is 14.5. The second-order valence-corrected chi connectivity index (χ2v) is 6.02. The van der Waals surface area contributed by atoms with Crippen molar-refractivity contribution in [2.24, 2.45) is 0 Å². The van der Waals surface area contributed by atoms with E-state index in [2.05, 4.69) is 55.0 Å². The number of rotatable bonds is 3. The molecule has 3 heteroatoms. The van der Waals surface area contributed by atoms with Crippen molar-refractivity contribution in [3.63, 3.8) is 0 Å². The van der Waals surface area contributed by atoms with Gasteiger partial charge in [0.25, 0.3) is 0 Å². The number of pyridine rings is 1. The fourth-order valence-electron chi connectivity index (χ4n) is 2.99. The van der Waals surface area contributed by atoms with Crippen LogP contribution in [0, 0.1) is 13.8 Å². The summed E-state index contributed by atoms with van der Waals surface area (Å²) in [6.45, 7) is 4.25. The van der Waals surface area contributed by atoms with Crippen molar-refractivity contribution in [3.8, 4) is 0 Å². The number of hydrogen-bond donors (Lipinski definition) is 2. The van der Waals surface area contributed by atoms with Gasteiger partial charge in [-0.05, 0) is 43.2 Å². The van der Waals surface area contributed by atoms with Crippen LogP contribution in [-0.2, 0) is 0 Å². The first-order chi connectivity index (χ1) is 11.7. The molecule has 0 atom stereocenters. The average Bonchev–Trinajstić information content (AvgIpc) is 2.62. The van der Waals surface area contributed by atoms with Gasteiger partial charge in [0.1, 0.15) is 0 Å². The lowest BCUT2D eigenvalue weighted by Crippen LogP contribution is -2.11. The molecule has 0 spiro atoms. The van der Waals surface area contributed by atoms with Gasteiger partial charge in [0.15, 0.2) is 0 Å². The molecule has 1 aromatic heterocycles. The summed E-state index contributed by atoms with van der Waals surface area (Å²) in [5, 5.41) is 2.21. The minimum atomic E-state index is 0.987. The molecule has 2 N–H and O–H groups in total. The fraction of sp³-hybridized carbons (Fsp3) is 0.0952. The number of para-hydroxylation sites is 2. The van der Waals surface area contributed by atoms with E-state index in [1.807, 2.05) is 36.4 Å². The summed E-state index contributed by atoms with van der Waals surface area (Å²) < 4.78 is 0. The van der Waals surface area contributed by atoms with Crippen molar-refractivity contribution in [1.82, 2.24) is 4.98 Å². The van der Waals surface area contributed by atoms with Gasteiger partial charge < -0.3 is 5.43 Å². The molecule has 3 aromatic carbocycles. The van der Waals surface area contributed by atoms with Crippen LogP contribution in [-0.4, -0.2) is 4.98 Å². The molecule has 0 aliphatic heterocycles. The standard InChI is InChI=1S/C21H19N3/c1-14-8-7-13-18(15(14)2)23-24-21-16-9-3-5-11-19(16)22-20-12-6-4-10-17(20)21/h3-13,23H,1-2H3,(H,22,24). The molecule has 4 aromatic rings. The third kappa shape index (κ3) is 2.44. The number of benzene rings is 3. The smallest absolute Gasteiger partial charge is 0.0731 e. The molecular formula is C21H19N3. The first-order valence-corrected chi connectivity index (χ1v) is 8.10. The number of aryl methyl sites for hydroxylation is 1. The van der Waals surface area contributed by atoms with E-state index >= 15 is 0 Å². The Bertz CT molecular complexity index is 984. The van der Waals surface area contributed by atoms with Crippen molar-refractivity contribution in [3.05, 3.63) is 77.9 Å². The van der Waals surface area contributed by atoms with Crippen LogP contribution in [0.15, 0.2) is 66.7 Å². The third-order valence-electron chi connectivity index (χ3n) is 4.51. The quantitative estimate of drug-likeness (QED) is 0.390. The highest BCUT2D eigenvalue weighted by atomic mass is 15.4. The van der Waals surface area contributed by atoms with Gasteiger partial charge in [-0.25, -0.2) is 4.98 Å². The van der Waals surface area contributed by atoms with Crippen LogP contribution in [0.1, 0.15) is 11.1 Å². The Morgan fingerprint density at radius 3 is 1.96 bits per heavy atom. The monoisotopic (exact) mass is 313 g/mol. The lowest BCUT2D eigenvalue weighted by molar-refractivity contribution is 1.30. The van der Waals surface area contributed by atoms with Gasteiger partial charge in [0.05, 0.1) is 22.4 Å². The molecule has 0 saturated carbocycles. The summed E-state index contributed by atoms with van der Waals surface area (Å²) in [4.78, 5) is 4.76. The van der Waals surface area contributed by atoms with Crippen molar-refractivity contribution in [2.75, 3.05) is 10.9 Å². The lowest BCUT2D eigenvalue weighted by Gasteiger charge is -2.16. The molecule has 4 rings (SSSR count). The summed E-state index contributed by atoms with van der Waals surface area (Å²) in [6.07, 6.45) is 0. The maximum atomic E-state index is 4.76. The van der Waals surface area contributed by atoms with Gasteiger partial charge in [-0.1, -0.05) is 48.5 Å². The molecule has 118 valence electrons. The van der Waals surface area contributed by atoms with Crippen LogP contribution in [0.4, 0.5) is 11.4 Å². The second-order valence-electron chi connectivity index (χ2n) is 6.02. The van der Waals surface area contributed by atoms with Crippen LogP contribution >= 0.6 is 0 Å². The number of hydrazine groups is 1. The minimum Gasteiger partial charge on any atom is -0.301 e. The van der Waals surface area contributed by atoms with Gasteiger partial charge in [0, 0.05) is 10.8 Å². The first-order valence-electron chi connectivity index (χ1n) is 8.10. The zero-order valence-electron chi connectivity index (χ0n) is 13.8. The van der Waals surface area contributed by atoms with Crippen molar-refractivity contribution in [1.29, 1.82) is 0 Å². The van der Waals surface area contributed by atoms with Crippen LogP contribution in [0.5, 0.6) is 0 Å². The van der Waals surface area contributed by atoms with Crippen molar-refractivity contribution in [2.45, 2.75) is 13.8 Å². The van der Waals surface area contributed by atoms with Crippen LogP contribution in [0.3, 0.4) is 0 Å². The van der Waals surface area contributed by atoms with Gasteiger partial charge in [-0.3, -0.25) is 5.43 Å². The van der Waals surface area contributed by atoms with E-state index in [9.17, 15) is 0 Å². The average molecular weight is 313 g/mol. The Hall–Kier alpha value is -3.07. The van der Waals surface area contributed by atoms with E-state index in [0.29, 0.717) is 0 Å². The number of anilines is 2. The molecule has 0 saturated heterocycles. The zero-order valence-corrected chi connectivity index (χ0v) is 13.8. The summed E-state index contributed by atoms with van der Waals surface area (Å²) in [5.74, 6) is 0. The van der Waals surface area contributed by atoms with E-state index in [0.717, 1.165) is 33.2 Å². The summed E-state index contributed by atoms with van der Waals surface area (Å²) in [5.41, 5.74) is 13.4. The van der Waals surface area contributed by atoms with Crippen LogP contribution < -0.4 is 10.9 Å². The summed E-state index contributed by atoms with van der Waals surface area (Å²) >= 11 is 0. The summed E-state index contributed by atoms with van der Waals surface area (Å²) in [7, 11) is 0. The highest BCUT2D eigenvalue weighted by Gasteiger charge is 2.09. The normalized spacial score (nSPS) is 10.9. The van der Waals surface area contributed by atoms with Gasteiger partial charge in [-0.2, -0.15) is 0 Å². The van der Waals surface area contributed by atoms with Gasteiger partial charge in [-0.15, -0.1) is 0 Å². The Morgan fingerprint density at radius 2 is 1.29 bits per heavy atom. The molecule has 0 amide bonds. The number of nitrogens with one attached hydrogen (secondary N) is 2. The molecule has 0 bridgehead atoms. The molecule has 0 fully saturated rings. The molecule has 3 nitrogen and oxygen atoms in total. The number of hydrogen-bond acceptors (Lipinski definition) is 3. The van der Waals surface area contributed by atoms with E-state index in [1.165, 1.54) is 11.1 Å². The minimum absolute atomic E-state index is 0.987. The topological polar surface area (TPSA) is 37.0 Å². The maximum Gasteiger partial charge on any atom is 0.0731 e. The predicted octanol–water partition coefficient (Wildman–Crippen LogP) is 5.44. The third-order valence-corrected chi connectivity index (χ3v) is 4.51. The van der Waals surface area contributed by atoms with Gasteiger partial charge >= 0.3 is 0 Å². The van der Waals surface area contributed by atoms with Gasteiger partial charge in [0.2, 0.25) is 0 Å². The molecular weight excluding hydrogens is 294 g/mol. The number of fused-ring (bicyclic) bond motifs is 2. The Morgan fingerprint density at radius 1 is 0.667 bits per heavy atom. The molecule has 0 aliphatic carbocycles. The molecule has 24 heavy (non-hydrogen) atoms. The molecule has 0 aliphatic rings. The lowest BCUT2D eigenvalue weighted by atomic mass is 10.1. The maximum absolute atomic E-state index is 4.76. The highest BCUT2D eigenvalue weighted by molar-refractivity contribution is 6.07. The van der Waals surface area contributed by atoms with Crippen molar-refractivity contribution >= 4 is 33.2 Å². The van der Waals surface area contributed by atoms with Crippen LogP contribution in [0.2, 0.25) is 0 Å². The van der Waals surface area contributed by atoms with E-state index in [-0.39, 0.29) is 0 Å². The Labute approximate surface area is 141 Å². The fourth-order valence-corrected chi connectivity index (χ4v) is 2.99. The van der Waals surface area contributed by atoms with E-state index < -0.39 is 0 Å².